The highest BCUT2D eigenvalue weighted by Crippen LogP contribution is 2.26. The second-order valence-corrected chi connectivity index (χ2v) is 6.04. The smallest absolute Gasteiger partial charge is 0.256 e. The molecular weight excluding hydrogens is 270 g/mol. The van der Waals surface area contributed by atoms with E-state index in [0.29, 0.717) is 17.8 Å². The molecule has 0 unspecified atom stereocenters. The van der Waals surface area contributed by atoms with Crippen molar-refractivity contribution < 1.29 is 4.79 Å². The van der Waals surface area contributed by atoms with Crippen molar-refractivity contribution in [3.63, 3.8) is 0 Å². The number of fused-ring (bicyclic) bond motifs is 1. The fourth-order valence-electron chi connectivity index (χ4n) is 2.56. The monoisotopic (exact) mass is 287 g/mol. The van der Waals surface area contributed by atoms with Crippen LogP contribution in [-0.2, 0) is 13.0 Å². The van der Waals surface area contributed by atoms with Crippen molar-refractivity contribution in [2.75, 3.05) is 12.0 Å². The zero-order valence-corrected chi connectivity index (χ0v) is 12.2. The number of nitrogens with two attached hydrogens (primary N) is 1. The first-order chi connectivity index (χ1) is 9.69. The third kappa shape index (κ3) is 2.30. The first kappa shape index (κ1) is 13.1. The molecule has 104 valence electrons. The van der Waals surface area contributed by atoms with Crippen molar-refractivity contribution in [2.24, 2.45) is 5.84 Å². The quantitative estimate of drug-likeness (QED) is 0.659. The van der Waals surface area contributed by atoms with Crippen LogP contribution < -0.4 is 11.3 Å². The molecular formula is C15H17N3OS. The van der Waals surface area contributed by atoms with Crippen LogP contribution >= 0.6 is 11.3 Å². The SMILES string of the molecule is Cc1ccc(C(=O)N2CCc3sccc3C2)c(NN)c1. The van der Waals surface area contributed by atoms with E-state index in [2.05, 4.69) is 16.9 Å². The summed E-state index contributed by atoms with van der Waals surface area (Å²) in [5.41, 5.74) is 6.29. The number of hydrazine groups is 1. The summed E-state index contributed by atoms with van der Waals surface area (Å²) in [6, 6.07) is 7.79. The standard InChI is InChI=1S/C15H17N3OS/c1-10-2-3-12(13(8-10)17-16)15(19)18-6-4-14-11(9-18)5-7-20-14/h2-3,5,7-8,17H,4,6,9,16H2,1H3. The van der Waals surface area contributed by atoms with Gasteiger partial charge in [-0.15, -0.1) is 11.3 Å². The van der Waals surface area contributed by atoms with Crippen molar-refractivity contribution in [1.82, 2.24) is 4.90 Å². The van der Waals surface area contributed by atoms with Crippen LogP contribution in [0.15, 0.2) is 29.6 Å². The Hall–Kier alpha value is -1.85. The molecule has 2 heterocycles. The minimum Gasteiger partial charge on any atom is -0.334 e. The number of nitrogens with one attached hydrogen (secondary N) is 1. The maximum Gasteiger partial charge on any atom is 0.256 e. The summed E-state index contributed by atoms with van der Waals surface area (Å²) in [7, 11) is 0. The van der Waals surface area contributed by atoms with Crippen LogP contribution in [0.4, 0.5) is 5.69 Å². The molecule has 0 bridgehead atoms. The maximum absolute atomic E-state index is 12.7. The van der Waals surface area contributed by atoms with Crippen LogP contribution in [0.3, 0.4) is 0 Å². The van der Waals surface area contributed by atoms with E-state index in [-0.39, 0.29) is 5.91 Å². The van der Waals surface area contributed by atoms with Crippen molar-refractivity contribution in [3.05, 3.63) is 51.2 Å². The molecule has 1 aromatic carbocycles. The molecule has 3 N–H and O–H groups in total. The lowest BCUT2D eigenvalue weighted by atomic mass is 10.1. The molecule has 0 atom stereocenters. The van der Waals surface area contributed by atoms with Crippen LogP contribution in [-0.4, -0.2) is 17.4 Å². The number of carbonyl (C=O) groups excluding carboxylic acids is 1. The van der Waals surface area contributed by atoms with Gasteiger partial charge in [0.25, 0.3) is 5.91 Å². The Morgan fingerprint density at radius 3 is 3.05 bits per heavy atom. The Balaban J connectivity index is 1.87. The molecule has 3 rings (SSSR count). The minimum absolute atomic E-state index is 0.0369. The van der Waals surface area contributed by atoms with Crippen molar-refractivity contribution >= 4 is 22.9 Å². The molecule has 20 heavy (non-hydrogen) atoms. The number of benzene rings is 1. The van der Waals surface area contributed by atoms with Gasteiger partial charge in [-0.2, -0.15) is 0 Å². The fraction of sp³-hybridized carbons (Fsp3) is 0.267. The average Bonchev–Trinajstić information content (AvgIpc) is 2.93. The Morgan fingerprint density at radius 2 is 2.25 bits per heavy atom. The van der Waals surface area contributed by atoms with E-state index >= 15 is 0 Å². The number of thiophene rings is 1. The lowest BCUT2D eigenvalue weighted by Gasteiger charge is -2.27. The second-order valence-electron chi connectivity index (χ2n) is 5.04. The summed E-state index contributed by atoms with van der Waals surface area (Å²) in [4.78, 5) is 15.9. The maximum atomic E-state index is 12.7. The topological polar surface area (TPSA) is 58.4 Å². The summed E-state index contributed by atoms with van der Waals surface area (Å²) < 4.78 is 0. The van der Waals surface area contributed by atoms with Gasteiger partial charge in [0, 0.05) is 18.0 Å². The molecule has 4 nitrogen and oxygen atoms in total. The molecule has 0 saturated heterocycles. The van der Waals surface area contributed by atoms with E-state index in [9.17, 15) is 4.79 Å². The van der Waals surface area contributed by atoms with Crippen molar-refractivity contribution in [3.8, 4) is 0 Å². The Kier molecular flexibility index (Phi) is 3.46. The van der Waals surface area contributed by atoms with Crippen molar-refractivity contribution in [1.29, 1.82) is 0 Å². The molecule has 2 aromatic rings. The van der Waals surface area contributed by atoms with Crippen LogP contribution in [0.1, 0.15) is 26.4 Å². The lowest BCUT2D eigenvalue weighted by molar-refractivity contribution is 0.0737. The molecule has 0 radical (unpaired) electrons. The van der Waals surface area contributed by atoms with Gasteiger partial charge >= 0.3 is 0 Å². The van der Waals surface area contributed by atoms with Gasteiger partial charge < -0.3 is 10.3 Å². The average molecular weight is 287 g/mol. The predicted octanol–water partition coefficient (Wildman–Crippen LogP) is 2.54. The zero-order chi connectivity index (χ0) is 14.1. The molecule has 0 aliphatic carbocycles. The largest absolute Gasteiger partial charge is 0.334 e. The number of aryl methyl sites for hydroxylation is 1. The van der Waals surface area contributed by atoms with Crippen LogP contribution in [0.5, 0.6) is 0 Å². The normalized spacial score (nSPS) is 14.0. The van der Waals surface area contributed by atoms with Gasteiger partial charge in [0.1, 0.15) is 0 Å². The molecule has 0 saturated carbocycles. The number of anilines is 1. The van der Waals surface area contributed by atoms with E-state index in [4.69, 9.17) is 5.84 Å². The van der Waals surface area contributed by atoms with E-state index in [1.54, 1.807) is 11.3 Å². The first-order valence-electron chi connectivity index (χ1n) is 6.61. The van der Waals surface area contributed by atoms with E-state index in [1.165, 1.54) is 10.4 Å². The van der Waals surface area contributed by atoms with Gasteiger partial charge in [0.2, 0.25) is 0 Å². The summed E-state index contributed by atoms with van der Waals surface area (Å²) in [5.74, 6) is 5.56. The fourth-order valence-corrected chi connectivity index (χ4v) is 3.45. The molecule has 1 aromatic heterocycles. The Bertz CT molecular complexity index is 650. The van der Waals surface area contributed by atoms with Gasteiger partial charge in [0.15, 0.2) is 0 Å². The highest BCUT2D eigenvalue weighted by molar-refractivity contribution is 7.10. The highest BCUT2D eigenvalue weighted by atomic mass is 32.1. The summed E-state index contributed by atoms with van der Waals surface area (Å²) in [6.07, 6.45) is 0.940. The highest BCUT2D eigenvalue weighted by Gasteiger charge is 2.24. The van der Waals surface area contributed by atoms with Crippen LogP contribution in [0.25, 0.3) is 0 Å². The third-order valence-electron chi connectivity index (χ3n) is 3.66. The van der Waals surface area contributed by atoms with E-state index in [0.717, 1.165) is 18.5 Å². The molecule has 1 aliphatic heterocycles. The predicted molar refractivity (Wildman–Crippen MR) is 81.8 cm³/mol. The van der Waals surface area contributed by atoms with Crippen LogP contribution in [0.2, 0.25) is 0 Å². The van der Waals surface area contributed by atoms with E-state index in [1.807, 2.05) is 30.0 Å². The Morgan fingerprint density at radius 1 is 1.40 bits per heavy atom. The first-order valence-corrected chi connectivity index (χ1v) is 7.49. The summed E-state index contributed by atoms with van der Waals surface area (Å²) >= 11 is 1.77. The molecule has 0 fully saturated rings. The number of carbonyl (C=O) groups is 1. The number of amides is 1. The third-order valence-corrected chi connectivity index (χ3v) is 4.68. The van der Waals surface area contributed by atoms with Gasteiger partial charge in [-0.05, 0) is 48.1 Å². The van der Waals surface area contributed by atoms with Crippen molar-refractivity contribution in [2.45, 2.75) is 19.9 Å². The number of rotatable bonds is 2. The van der Waals surface area contributed by atoms with Gasteiger partial charge in [-0.3, -0.25) is 10.6 Å². The number of hydrogen-bond donors (Lipinski definition) is 2. The molecule has 5 heteroatoms. The number of nitrogen functional groups attached to an aromatic ring is 1. The van der Waals surface area contributed by atoms with Gasteiger partial charge in [-0.1, -0.05) is 6.07 Å². The second kappa shape index (κ2) is 5.26. The van der Waals surface area contributed by atoms with Crippen LogP contribution in [0, 0.1) is 6.92 Å². The number of nitrogens with zero attached hydrogens (tertiary/aromatic N) is 1. The molecule has 1 amide bonds. The van der Waals surface area contributed by atoms with Gasteiger partial charge in [0.05, 0.1) is 11.3 Å². The summed E-state index contributed by atoms with van der Waals surface area (Å²) in [6.45, 7) is 3.44. The van der Waals surface area contributed by atoms with E-state index < -0.39 is 0 Å². The Labute approximate surface area is 122 Å². The van der Waals surface area contributed by atoms with Gasteiger partial charge in [-0.25, -0.2) is 0 Å². The summed E-state index contributed by atoms with van der Waals surface area (Å²) in [5, 5.41) is 2.09. The molecule has 0 spiro atoms. The number of hydrogen-bond acceptors (Lipinski definition) is 4. The minimum atomic E-state index is 0.0369. The zero-order valence-electron chi connectivity index (χ0n) is 11.3. The molecule has 1 aliphatic rings. The lowest BCUT2D eigenvalue weighted by Crippen LogP contribution is -2.35.